The topological polar surface area (TPSA) is 73.8 Å². The normalized spacial score (nSPS) is 24.9. The molecule has 0 aromatic heterocycles. The molecular weight excluding hydrogens is 400 g/mol. The number of allylic oxidation sites excluding steroid dienone is 1. The van der Waals surface area contributed by atoms with Crippen LogP contribution in [0.3, 0.4) is 0 Å². The molecule has 0 spiro atoms. The fraction of sp³-hybridized carbons (Fsp3) is 0.346. The van der Waals surface area contributed by atoms with Gasteiger partial charge < -0.3 is 15.5 Å². The number of carbonyl (C=O) groups excluding carboxylic acids is 2. The van der Waals surface area contributed by atoms with Crippen LogP contribution in [-0.2, 0) is 17.8 Å². The Kier molecular flexibility index (Phi) is 5.52. The highest BCUT2D eigenvalue weighted by molar-refractivity contribution is 6.03. The lowest BCUT2D eigenvalue weighted by Gasteiger charge is -2.42. The second-order valence-corrected chi connectivity index (χ2v) is 8.88. The van der Waals surface area contributed by atoms with Gasteiger partial charge in [-0.2, -0.15) is 0 Å². The largest absolute Gasteiger partial charge is 0.382 e. The summed E-state index contributed by atoms with van der Waals surface area (Å²) < 4.78 is 0. The van der Waals surface area contributed by atoms with Crippen LogP contribution < -0.4 is 10.6 Å². The zero-order valence-electron chi connectivity index (χ0n) is 18.3. The second kappa shape index (κ2) is 8.61. The van der Waals surface area contributed by atoms with E-state index in [0.29, 0.717) is 19.5 Å². The Hall–Kier alpha value is -3.41. The van der Waals surface area contributed by atoms with Gasteiger partial charge in [0, 0.05) is 42.9 Å². The minimum atomic E-state index is -0.146. The predicted octanol–water partition coefficient (Wildman–Crippen LogP) is 3.36. The zero-order valence-corrected chi connectivity index (χ0v) is 18.3. The number of benzene rings is 2. The summed E-state index contributed by atoms with van der Waals surface area (Å²) in [5.74, 6) is -0.165. The summed E-state index contributed by atoms with van der Waals surface area (Å²) in [6, 6.07) is 18.5. The van der Waals surface area contributed by atoms with Crippen LogP contribution in [0.1, 0.15) is 29.5 Å². The molecule has 32 heavy (non-hydrogen) atoms. The van der Waals surface area contributed by atoms with Gasteiger partial charge in [-0.05, 0) is 30.9 Å². The van der Waals surface area contributed by atoms with E-state index >= 15 is 0 Å². The number of hydrogen-bond donors (Lipinski definition) is 2. The molecule has 2 N–H and O–H groups in total. The number of nitrogens with zero attached hydrogens (tertiary/aromatic N) is 2. The van der Waals surface area contributed by atoms with Crippen molar-refractivity contribution < 1.29 is 9.59 Å². The van der Waals surface area contributed by atoms with Gasteiger partial charge in [-0.25, -0.2) is 9.79 Å². The average molecular weight is 429 g/mol. The number of nitrogens with one attached hydrogen (secondary N) is 2. The standard InChI is InChI=1S/C26H28N4O2/c1-17-7-9-19(10-8-17)16-30-22(12-14-28-26(30)32)24-20(15-18-5-3-2-4-6-18)23-21(29-24)11-13-27-25(23)31/h2-10,13,20,22,24,29H,11-12,14-16H2,1H3,(H,28,32). The number of dihydropyridines is 1. The zero-order chi connectivity index (χ0) is 22.1. The van der Waals surface area contributed by atoms with Crippen molar-refractivity contribution in [2.24, 2.45) is 10.9 Å². The summed E-state index contributed by atoms with van der Waals surface area (Å²) in [5.41, 5.74) is 5.25. The Balaban J connectivity index is 1.46. The highest BCUT2D eigenvalue weighted by Crippen LogP contribution is 2.37. The van der Waals surface area contributed by atoms with E-state index in [1.54, 1.807) is 6.21 Å². The number of amides is 3. The Morgan fingerprint density at radius 1 is 1.03 bits per heavy atom. The van der Waals surface area contributed by atoms with Gasteiger partial charge in [0.25, 0.3) is 5.91 Å². The Morgan fingerprint density at radius 2 is 1.81 bits per heavy atom. The first-order valence-corrected chi connectivity index (χ1v) is 11.3. The van der Waals surface area contributed by atoms with Crippen molar-refractivity contribution in [3.63, 3.8) is 0 Å². The van der Waals surface area contributed by atoms with Crippen molar-refractivity contribution in [2.45, 2.75) is 44.8 Å². The molecule has 3 aliphatic rings. The van der Waals surface area contributed by atoms with Crippen LogP contribution in [0.5, 0.6) is 0 Å². The van der Waals surface area contributed by atoms with E-state index < -0.39 is 0 Å². The number of urea groups is 1. The van der Waals surface area contributed by atoms with Crippen molar-refractivity contribution in [3.8, 4) is 0 Å². The molecule has 2 aromatic carbocycles. The fourth-order valence-electron chi connectivity index (χ4n) is 5.18. The quantitative estimate of drug-likeness (QED) is 0.767. The number of carbonyl (C=O) groups is 2. The van der Waals surface area contributed by atoms with Crippen LogP contribution in [0.15, 0.2) is 70.9 Å². The molecule has 3 amide bonds. The molecule has 3 unspecified atom stereocenters. The van der Waals surface area contributed by atoms with Crippen molar-refractivity contribution >= 4 is 18.2 Å². The number of aryl methyl sites for hydroxylation is 1. The minimum Gasteiger partial charge on any atom is -0.382 e. The lowest BCUT2D eigenvalue weighted by Crippen LogP contribution is -2.59. The summed E-state index contributed by atoms with van der Waals surface area (Å²) >= 11 is 0. The van der Waals surface area contributed by atoms with E-state index in [4.69, 9.17) is 0 Å². The van der Waals surface area contributed by atoms with Gasteiger partial charge in [0.05, 0.1) is 12.1 Å². The molecular formula is C26H28N4O2. The number of hydrogen-bond acceptors (Lipinski definition) is 3. The highest BCUT2D eigenvalue weighted by atomic mass is 16.2. The maximum absolute atomic E-state index is 13.0. The molecule has 1 fully saturated rings. The SMILES string of the molecule is Cc1ccc(CN2C(=O)NCCC2C2NC3=C(C(=O)N=CC3)C2Cc2ccccc2)cc1. The highest BCUT2D eigenvalue weighted by Gasteiger charge is 2.45. The third-order valence-corrected chi connectivity index (χ3v) is 6.77. The molecule has 1 saturated heterocycles. The molecule has 0 bridgehead atoms. The maximum Gasteiger partial charge on any atom is 0.318 e. The first-order chi connectivity index (χ1) is 15.6. The lowest BCUT2D eigenvalue weighted by molar-refractivity contribution is -0.115. The number of rotatable bonds is 5. The van der Waals surface area contributed by atoms with Crippen LogP contribution in [-0.4, -0.2) is 41.7 Å². The third kappa shape index (κ3) is 3.93. The van der Waals surface area contributed by atoms with Gasteiger partial charge in [0.15, 0.2) is 0 Å². The maximum atomic E-state index is 13.0. The monoisotopic (exact) mass is 428 g/mol. The van der Waals surface area contributed by atoms with Crippen LogP contribution in [0, 0.1) is 12.8 Å². The van der Waals surface area contributed by atoms with Crippen molar-refractivity contribution in [2.75, 3.05) is 6.54 Å². The van der Waals surface area contributed by atoms with Crippen LogP contribution >= 0.6 is 0 Å². The summed E-state index contributed by atoms with van der Waals surface area (Å²) in [6.07, 6.45) is 3.90. The smallest absolute Gasteiger partial charge is 0.318 e. The molecule has 0 radical (unpaired) electrons. The van der Waals surface area contributed by atoms with Gasteiger partial charge in [-0.15, -0.1) is 0 Å². The van der Waals surface area contributed by atoms with Crippen molar-refractivity contribution in [3.05, 3.63) is 82.6 Å². The predicted molar refractivity (Wildman–Crippen MR) is 124 cm³/mol. The van der Waals surface area contributed by atoms with Crippen molar-refractivity contribution in [1.29, 1.82) is 0 Å². The van der Waals surface area contributed by atoms with Gasteiger partial charge in [-0.1, -0.05) is 60.2 Å². The van der Waals surface area contributed by atoms with Gasteiger partial charge in [0.1, 0.15) is 0 Å². The summed E-state index contributed by atoms with van der Waals surface area (Å²) in [5, 5.41) is 6.66. The molecule has 3 atom stereocenters. The molecule has 0 aliphatic carbocycles. The average Bonchev–Trinajstić information content (AvgIpc) is 3.16. The molecule has 2 aromatic rings. The molecule has 6 nitrogen and oxygen atoms in total. The Morgan fingerprint density at radius 3 is 2.59 bits per heavy atom. The van der Waals surface area contributed by atoms with E-state index in [2.05, 4.69) is 58.9 Å². The lowest BCUT2D eigenvalue weighted by atomic mass is 9.82. The van der Waals surface area contributed by atoms with Crippen LogP contribution in [0.2, 0.25) is 0 Å². The van der Waals surface area contributed by atoms with Gasteiger partial charge >= 0.3 is 6.03 Å². The van der Waals surface area contributed by atoms with E-state index in [-0.39, 0.29) is 29.9 Å². The van der Waals surface area contributed by atoms with E-state index in [9.17, 15) is 9.59 Å². The summed E-state index contributed by atoms with van der Waals surface area (Å²) in [4.78, 5) is 31.8. The molecule has 3 aliphatic heterocycles. The molecule has 3 heterocycles. The first kappa shape index (κ1) is 20.5. The third-order valence-electron chi connectivity index (χ3n) is 6.77. The molecule has 5 rings (SSSR count). The minimum absolute atomic E-state index is 0.0165. The van der Waals surface area contributed by atoms with Gasteiger partial charge in [0.2, 0.25) is 0 Å². The van der Waals surface area contributed by atoms with E-state index in [0.717, 1.165) is 29.7 Å². The van der Waals surface area contributed by atoms with E-state index in [1.807, 2.05) is 23.1 Å². The molecule has 164 valence electrons. The molecule has 6 heteroatoms. The summed E-state index contributed by atoms with van der Waals surface area (Å²) in [6.45, 7) is 3.24. The second-order valence-electron chi connectivity index (χ2n) is 8.88. The Bertz CT molecular complexity index is 1070. The van der Waals surface area contributed by atoms with E-state index in [1.165, 1.54) is 11.1 Å². The van der Waals surface area contributed by atoms with Gasteiger partial charge in [-0.3, -0.25) is 4.79 Å². The Labute approximate surface area is 188 Å². The number of aliphatic imine (C=N–C) groups is 1. The van der Waals surface area contributed by atoms with Crippen molar-refractivity contribution in [1.82, 2.24) is 15.5 Å². The first-order valence-electron chi connectivity index (χ1n) is 11.3. The van der Waals surface area contributed by atoms with Crippen LogP contribution in [0.25, 0.3) is 0 Å². The van der Waals surface area contributed by atoms with Crippen LogP contribution in [0.4, 0.5) is 4.79 Å². The molecule has 0 saturated carbocycles. The summed E-state index contributed by atoms with van der Waals surface area (Å²) in [7, 11) is 0. The fourth-order valence-corrected chi connectivity index (χ4v) is 5.18.